The molecule has 0 aliphatic carbocycles. The summed E-state index contributed by atoms with van der Waals surface area (Å²) in [5, 5.41) is 2.84. The van der Waals surface area contributed by atoms with Crippen molar-refractivity contribution in [1.82, 2.24) is 10.2 Å². The summed E-state index contributed by atoms with van der Waals surface area (Å²) in [6.45, 7) is 16.5. The van der Waals surface area contributed by atoms with Crippen molar-refractivity contribution in [1.29, 1.82) is 0 Å². The first-order chi connectivity index (χ1) is 19.4. The molecule has 1 N–H and O–H groups in total. The van der Waals surface area contributed by atoms with Gasteiger partial charge in [0.05, 0.1) is 0 Å². The number of nitrogens with zero attached hydrogens (tertiary/aromatic N) is 2. The third kappa shape index (κ3) is 10.8. The van der Waals surface area contributed by atoms with Crippen LogP contribution in [0.15, 0.2) is 66.2 Å². The highest BCUT2D eigenvalue weighted by atomic mass is 16.6. The van der Waals surface area contributed by atoms with Crippen LogP contribution in [0.4, 0.5) is 10.5 Å². The van der Waals surface area contributed by atoms with Crippen molar-refractivity contribution >= 4 is 17.7 Å². The number of amides is 2. The van der Waals surface area contributed by atoms with Gasteiger partial charge >= 0.3 is 6.09 Å². The van der Waals surface area contributed by atoms with Gasteiger partial charge in [-0.2, -0.15) is 0 Å². The highest BCUT2D eigenvalue weighted by Crippen LogP contribution is 2.27. The van der Waals surface area contributed by atoms with Gasteiger partial charge < -0.3 is 24.6 Å². The first-order valence-electron chi connectivity index (χ1n) is 14.9. The second-order valence-corrected chi connectivity index (χ2v) is 12.6. The zero-order valence-corrected chi connectivity index (χ0v) is 26.0. The number of piperidine rings is 1. The molecular formula is C34H49N3O4. The molecule has 2 aromatic carbocycles. The molecule has 1 saturated heterocycles. The lowest BCUT2D eigenvalue weighted by Crippen LogP contribution is -2.54. The topological polar surface area (TPSA) is 71.1 Å². The van der Waals surface area contributed by atoms with Crippen LogP contribution in [0.1, 0.15) is 73.3 Å². The van der Waals surface area contributed by atoms with Crippen LogP contribution in [-0.4, -0.2) is 54.2 Å². The predicted molar refractivity (Wildman–Crippen MR) is 166 cm³/mol. The summed E-state index contributed by atoms with van der Waals surface area (Å²) in [6, 6.07) is 18.2. The number of allylic oxidation sites excluding steroid dienone is 1. The molecule has 1 atom stereocenters. The van der Waals surface area contributed by atoms with Crippen molar-refractivity contribution in [3.63, 3.8) is 0 Å². The van der Waals surface area contributed by atoms with E-state index in [4.69, 9.17) is 9.47 Å². The number of anilines is 1. The van der Waals surface area contributed by atoms with Gasteiger partial charge in [-0.1, -0.05) is 55.8 Å². The van der Waals surface area contributed by atoms with E-state index in [9.17, 15) is 9.59 Å². The standard InChI is InChI=1S/C34H49N3O4/c1-25(2)17-22-37(28-13-15-30(16-14-28)40-24-27-11-9-8-10-12-27)29-18-20-36(21-19-29)32(38)31(23-26(3)4)35-33(39)41-34(5,6)7/h8-17,26,29,31H,18-24H2,1-7H3,(H,35,39)/t31-/m1/s1. The van der Waals surface area contributed by atoms with Crippen molar-refractivity contribution in [2.24, 2.45) is 5.92 Å². The molecule has 0 aromatic heterocycles. The molecule has 2 amide bonds. The van der Waals surface area contributed by atoms with Gasteiger partial charge in [0.2, 0.25) is 5.91 Å². The van der Waals surface area contributed by atoms with E-state index in [-0.39, 0.29) is 11.8 Å². The number of ether oxygens (including phenoxy) is 2. The van der Waals surface area contributed by atoms with Crippen molar-refractivity contribution in [2.75, 3.05) is 24.5 Å². The predicted octanol–water partition coefficient (Wildman–Crippen LogP) is 6.97. The molecule has 0 radical (unpaired) electrons. The van der Waals surface area contributed by atoms with Gasteiger partial charge in [0.1, 0.15) is 24.0 Å². The molecule has 3 rings (SSSR count). The van der Waals surface area contributed by atoms with Gasteiger partial charge in [-0.05, 0) is 89.6 Å². The molecule has 2 aromatic rings. The molecule has 224 valence electrons. The Bertz CT molecular complexity index is 1130. The average molecular weight is 564 g/mol. The van der Waals surface area contributed by atoms with Crippen LogP contribution in [0, 0.1) is 5.92 Å². The number of hydrogen-bond acceptors (Lipinski definition) is 5. The lowest BCUT2D eigenvalue weighted by Gasteiger charge is -2.40. The van der Waals surface area contributed by atoms with E-state index in [0.717, 1.165) is 36.4 Å². The molecule has 1 fully saturated rings. The first-order valence-corrected chi connectivity index (χ1v) is 14.9. The van der Waals surface area contributed by atoms with Crippen molar-refractivity contribution in [3.05, 3.63) is 71.8 Å². The Morgan fingerprint density at radius 2 is 1.66 bits per heavy atom. The van der Waals surface area contributed by atoms with E-state index in [1.165, 1.54) is 5.57 Å². The zero-order valence-electron chi connectivity index (χ0n) is 26.0. The fraction of sp³-hybridized carbons (Fsp3) is 0.529. The maximum atomic E-state index is 13.5. The van der Waals surface area contributed by atoms with Crippen molar-refractivity contribution in [2.45, 2.75) is 92.0 Å². The summed E-state index contributed by atoms with van der Waals surface area (Å²) in [6.07, 6.45) is 3.99. The molecule has 0 saturated carbocycles. The number of carbonyl (C=O) groups excluding carboxylic acids is 2. The lowest BCUT2D eigenvalue weighted by molar-refractivity contribution is -0.135. The monoisotopic (exact) mass is 563 g/mol. The maximum absolute atomic E-state index is 13.5. The minimum Gasteiger partial charge on any atom is -0.489 e. The van der Waals surface area contributed by atoms with E-state index < -0.39 is 17.7 Å². The van der Waals surface area contributed by atoms with E-state index in [1.807, 2.05) is 56.0 Å². The fourth-order valence-electron chi connectivity index (χ4n) is 4.98. The van der Waals surface area contributed by atoms with Crippen molar-refractivity contribution < 1.29 is 19.1 Å². The number of carbonyl (C=O) groups is 2. The molecule has 1 aliphatic rings. The van der Waals surface area contributed by atoms with Crippen LogP contribution in [0.3, 0.4) is 0 Å². The lowest BCUT2D eigenvalue weighted by atomic mass is 9.98. The molecule has 0 bridgehead atoms. The normalized spacial score (nSPS) is 14.8. The van der Waals surface area contributed by atoms with E-state index in [0.29, 0.717) is 32.2 Å². The zero-order chi connectivity index (χ0) is 30.0. The summed E-state index contributed by atoms with van der Waals surface area (Å²) in [5.41, 5.74) is 2.94. The Balaban J connectivity index is 1.65. The van der Waals surface area contributed by atoms with Gasteiger partial charge in [0.25, 0.3) is 0 Å². The Hall–Kier alpha value is -3.48. The Kier molecular flexibility index (Phi) is 11.7. The fourth-order valence-corrected chi connectivity index (χ4v) is 4.98. The summed E-state index contributed by atoms with van der Waals surface area (Å²) >= 11 is 0. The number of hydrogen-bond donors (Lipinski definition) is 1. The second-order valence-electron chi connectivity index (χ2n) is 12.6. The van der Waals surface area contributed by atoms with E-state index in [2.05, 4.69) is 68.3 Å². The second kappa shape index (κ2) is 14.9. The quantitative estimate of drug-likeness (QED) is 0.299. The third-order valence-electron chi connectivity index (χ3n) is 7.03. The minimum absolute atomic E-state index is 0.0289. The SMILES string of the molecule is CC(C)=CCN(c1ccc(OCc2ccccc2)cc1)C1CCN(C(=O)[C@@H](CC(C)C)NC(=O)OC(C)(C)C)CC1. The van der Waals surface area contributed by atoms with Gasteiger partial charge in [0, 0.05) is 31.4 Å². The smallest absolute Gasteiger partial charge is 0.408 e. The molecule has 7 nitrogen and oxygen atoms in total. The largest absolute Gasteiger partial charge is 0.489 e. The Morgan fingerprint density at radius 1 is 1.02 bits per heavy atom. The molecule has 0 unspecified atom stereocenters. The third-order valence-corrected chi connectivity index (χ3v) is 7.03. The number of rotatable bonds is 11. The van der Waals surface area contributed by atoms with Crippen LogP contribution < -0.4 is 15.0 Å². The van der Waals surface area contributed by atoms with Gasteiger partial charge in [-0.15, -0.1) is 0 Å². The van der Waals surface area contributed by atoms with Gasteiger partial charge in [-0.3, -0.25) is 4.79 Å². The van der Waals surface area contributed by atoms with E-state index in [1.54, 1.807) is 0 Å². The number of alkyl carbamates (subject to hydrolysis) is 1. The first kappa shape index (κ1) is 32.0. The van der Waals surface area contributed by atoms with Crippen LogP contribution >= 0.6 is 0 Å². The van der Waals surface area contributed by atoms with Crippen LogP contribution in [-0.2, 0) is 16.1 Å². The Labute approximate surface area is 246 Å². The van der Waals surface area contributed by atoms with E-state index >= 15 is 0 Å². The Morgan fingerprint density at radius 3 is 2.22 bits per heavy atom. The molecule has 0 spiro atoms. The van der Waals surface area contributed by atoms with Crippen molar-refractivity contribution in [3.8, 4) is 5.75 Å². The molecule has 1 heterocycles. The molecule has 1 aliphatic heterocycles. The highest BCUT2D eigenvalue weighted by Gasteiger charge is 2.32. The van der Waals surface area contributed by atoms with Gasteiger partial charge in [0.15, 0.2) is 0 Å². The average Bonchev–Trinajstić information content (AvgIpc) is 2.91. The summed E-state index contributed by atoms with van der Waals surface area (Å²) in [4.78, 5) is 30.3. The highest BCUT2D eigenvalue weighted by molar-refractivity contribution is 5.86. The number of nitrogens with one attached hydrogen (secondary N) is 1. The molecule has 7 heteroatoms. The van der Waals surface area contributed by atoms with Crippen LogP contribution in [0.2, 0.25) is 0 Å². The van der Waals surface area contributed by atoms with Crippen LogP contribution in [0.5, 0.6) is 5.75 Å². The maximum Gasteiger partial charge on any atom is 0.408 e. The molecular weight excluding hydrogens is 514 g/mol. The van der Waals surface area contributed by atoms with Gasteiger partial charge in [-0.25, -0.2) is 4.79 Å². The molecule has 41 heavy (non-hydrogen) atoms. The summed E-state index contributed by atoms with van der Waals surface area (Å²) in [7, 11) is 0. The minimum atomic E-state index is -0.616. The van der Waals surface area contributed by atoms with Crippen LogP contribution in [0.25, 0.3) is 0 Å². The number of likely N-dealkylation sites (tertiary alicyclic amines) is 1. The summed E-state index contributed by atoms with van der Waals surface area (Å²) in [5.74, 6) is 1.07. The number of benzene rings is 2. The summed E-state index contributed by atoms with van der Waals surface area (Å²) < 4.78 is 11.4.